The number of nitrogens with zero attached hydrogens (tertiary/aromatic N) is 1. The fourth-order valence-electron chi connectivity index (χ4n) is 3.13. The lowest BCUT2D eigenvalue weighted by Crippen LogP contribution is -2.43. The van der Waals surface area contributed by atoms with Crippen LogP contribution in [0.25, 0.3) is 0 Å². The Morgan fingerprint density at radius 2 is 1.95 bits per heavy atom. The van der Waals surface area contributed by atoms with Gasteiger partial charge in [-0.25, -0.2) is 4.39 Å². The van der Waals surface area contributed by atoms with Crippen molar-refractivity contribution in [1.29, 1.82) is 0 Å². The van der Waals surface area contributed by atoms with Gasteiger partial charge in [0.25, 0.3) is 0 Å². The van der Waals surface area contributed by atoms with E-state index in [1.165, 1.54) is 18.9 Å². The van der Waals surface area contributed by atoms with E-state index in [0.717, 1.165) is 26.1 Å². The molecule has 2 aliphatic heterocycles. The molecule has 0 aliphatic carbocycles. The van der Waals surface area contributed by atoms with Crippen molar-refractivity contribution in [3.8, 4) is 0 Å². The number of rotatable bonds is 4. The van der Waals surface area contributed by atoms with Crippen LogP contribution in [0.15, 0.2) is 24.3 Å². The van der Waals surface area contributed by atoms with Crippen LogP contribution in [0.4, 0.5) is 4.39 Å². The molecule has 0 aromatic heterocycles. The Morgan fingerprint density at radius 1 is 1.26 bits per heavy atom. The summed E-state index contributed by atoms with van der Waals surface area (Å²) in [6.07, 6.45) is 3.97. The van der Waals surface area contributed by atoms with Crippen molar-refractivity contribution < 1.29 is 9.13 Å². The van der Waals surface area contributed by atoms with Crippen LogP contribution in [-0.2, 0) is 4.74 Å². The van der Waals surface area contributed by atoms with Gasteiger partial charge >= 0.3 is 0 Å². The summed E-state index contributed by atoms with van der Waals surface area (Å²) in [4.78, 5) is 2.41. The maximum absolute atomic E-state index is 13.6. The lowest BCUT2D eigenvalue weighted by molar-refractivity contribution is -0.0388. The zero-order valence-electron chi connectivity index (χ0n) is 11.1. The van der Waals surface area contributed by atoms with Gasteiger partial charge in [0.15, 0.2) is 0 Å². The second-order valence-electron chi connectivity index (χ2n) is 5.63. The third-order valence-corrected chi connectivity index (χ3v) is 4.18. The molecule has 4 heteroatoms. The summed E-state index contributed by atoms with van der Waals surface area (Å²) in [6, 6.07) is 6.58. The molecular formula is C15H21FN2O. The van der Waals surface area contributed by atoms with Gasteiger partial charge in [0.1, 0.15) is 5.82 Å². The standard InChI is InChI=1S/C15H21FN2O/c16-14-4-2-1-3-13(14)15(17)7-8-18-9-11-5-6-12(10-18)19-11/h1-4,11-12,15H,5-10,17H2. The number of morpholine rings is 1. The van der Waals surface area contributed by atoms with Gasteiger partial charge in [-0.1, -0.05) is 18.2 Å². The van der Waals surface area contributed by atoms with E-state index in [1.54, 1.807) is 12.1 Å². The summed E-state index contributed by atoms with van der Waals surface area (Å²) in [6.45, 7) is 2.92. The van der Waals surface area contributed by atoms with Gasteiger partial charge < -0.3 is 10.5 Å². The minimum atomic E-state index is -0.221. The van der Waals surface area contributed by atoms with Crippen molar-refractivity contribution in [2.45, 2.75) is 37.5 Å². The number of nitrogens with two attached hydrogens (primary N) is 1. The first-order chi connectivity index (χ1) is 9.22. The molecule has 3 rings (SSSR count). The first kappa shape index (κ1) is 13.0. The SMILES string of the molecule is NC(CCN1CC2CCC(C1)O2)c1ccccc1F. The van der Waals surface area contributed by atoms with E-state index in [9.17, 15) is 4.39 Å². The van der Waals surface area contributed by atoms with Gasteiger partial charge in [-0.3, -0.25) is 4.90 Å². The average Bonchev–Trinajstić information content (AvgIpc) is 2.76. The molecule has 0 spiro atoms. The molecule has 104 valence electrons. The summed E-state index contributed by atoms with van der Waals surface area (Å²) < 4.78 is 19.4. The van der Waals surface area contributed by atoms with Crippen LogP contribution in [0.3, 0.4) is 0 Å². The smallest absolute Gasteiger partial charge is 0.127 e. The summed E-state index contributed by atoms with van der Waals surface area (Å²) >= 11 is 0. The second-order valence-corrected chi connectivity index (χ2v) is 5.63. The van der Waals surface area contributed by atoms with E-state index in [-0.39, 0.29) is 11.9 Å². The maximum Gasteiger partial charge on any atom is 0.127 e. The third kappa shape index (κ3) is 2.96. The van der Waals surface area contributed by atoms with Gasteiger partial charge in [0.2, 0.25) is 0 Å². The number of halogens is 1. The first-order valence-electron chi connectivity index (χ1n) is 7.10. The Kier molecular flexibility index (Phi) is 3.82. The van der Waals surface area contributed by atoms with Crippen LogP contribution >= 0.6 is 0 Å². The molecule has 2 N–H and O–H groups in total. The summed E-state index contributed by atoms with van der Waals surface area (Å²) in [7, 11) is 0. The number of hydrogen-bond acceptors (Lipinski definition) is 3. The predicted octanol–water partition coefficient (Wildman–Crippen LogP) is 2.08. The van der Waals surface area contributed by atoms with Crippen molar-refractivity contribution in [1.82, 2.24) is 4.90 Å². The van der Waals surface area contributed by atoms with E-state index in [1.807, 2.05) is 6.07 Å². The molecule has 0 amide bonds. The van der Waals surface area contributed by atoms with Crippen LogP contribution in [0.2, 0.25) is 0 Å². The summed E-state index contributed by atoms with van der Waals surface area (Å²) in [5.41, 5.74) is 6.72. The van der Waals surface area contributed by atoms with Gasteiger partial charge in [0.05, 0.1) is 12.2 Å². The molecule has 19 heavy (non-hydrogen) atoms. The molecule has 3 nitrogen and oxygen atoms in total. The van der Waals surface area contributed by atoms with E-state index in [0.29, 0.717) is 17.8 Å². The van der Waals surface area contributed by atoms with Gasteiger partial charge in [0, 0.05) is 31.2 Å². The quantitative estimate of drug-likeness (QED) is 0.905. The van der Waals surface area contributed by atoms with Crippen LogP contribution in [-0.4, -0.2) is 36.7 Å². The maximum atomic E-state index is 13.6. The predicted molar refractivity (Wildman–Crippen MR) is 72.3 cm³/mol. The monoisotopic (exact) mass is 264 g/mol. The highest BCUT2D eigenvalue weighted by atomic mass is 19.1. The molecular weight excluding hydrogens is 243 g/mol. The molecule has 0 saturated carbocycles. The van der Waals surface area contributed by atoms with Crippen molar-refractivity contribution in [2.24, 2.45) is 5.73 Å². The van der Waals surface area contributed by atoms with Gasteiger partial charge in [-0.2, -0.15) is 0 Å². The Labute approximate surface area is 113 Å². The Hall–Kier alpha value is -0.970. The lowest BCUT2D eigenvalue weighted by atomic mass is 10.0. The largest absolute Gasteiger partial charge is 0.372 e. The Balaban J connectivity index is 1.53. The summed E-state index contributed by atoms with van der Waals surface area (Å²) in [5, 5.41) is 0. The van der Waals surface area contributed by atoms with Crippen molar-refractivity contribution in [3.05, 3.63) is 35.6 Å². The number of fused-ring (bicyclic) bond motifs is 2. The van der Waals surface area contributed by atoms with Crippen LogP contribution < -0.4 is 5.73 Å². The number of likely N-dealkylation sites (tertiary alicyclic amines) is 1. The zero-order valence-corrected chi connectivity index (χ0v) is 11.1. The highest BCUT2D eigenvalue weighted by Crippen LogP contribution is 2.27. The van der Waals surface area contributed by atoms with E-state index in [4.69, 9.17) is 10.5 Å². The molecule has 3 atom stereocenters. The fraction of sp³-hybridized carbons (Fsp3) is 0.600. The minimum absolute atomic E-state index is 0.197. The lowest BCUT2D eigenvalue weighted by Gasteiger charge is -2.32. The highest BCUT2D eigenvalue weighted by molar-refractivity contribution is 5.20. The molecule has 0 radical (unpaired) electrons. The molecule has 3 unspecified atom stereocenters. The van der Waals surface area contributed by atoms with Crippen LogP contribution in [0.5, 0.6) is 0 Å². The van der Waals surface area contributed by atoms with Gasteiger partial charge in [-0.15, -0.1) is 0 Å². The third-order valence-electron chi connectivity index (χ3n) is 4.18. The molecule has 2 heterocycles. The molecule has 2 aliphatic rings. The highest BCUT2D eigenvalue weighted by Gasteiger charge is 2.33. The van der Waals surface area contributed by atoms with E-state index >= 15 is 0 Å². The normalized spacial score (nSPS) is 28.5. The minimum Gasteiger partial charge on any atom is -0.372 e. The number of ether oxygens (including phenoxy) is 1. The van der Waals surface area contributed by atoms with E-state index < -0.39 is 0 Å². The average molecular weight is 264 g/mol. The molecule has 2 saturated heterocycles. The first-order valence-corrected chi connectivity index (χ1v) is 7.10. The van der Waals surface area contributed by atoms with Crippen LogP contribution in [0.1, 0.15) is 30.9 Å². The van der Waals surface area contributed by atoms with Crippen molar-refractivity contribution in [2.75, 3.05) is 19.6 Å². The molecule has 2 fully saturated rings. The van der Waals surface area contributed by atoms with Crippen molar-refractivity contribution >= 4 is 0 Å². The molecule has 1 aromatic carbocycles. The molecule has 1 aromatic rings. The Morgan fingerprint density at radius 3 is 2.63 bits per heavy atom. The topological polar surface area (TPSA) is 38.5 Å². The summed E-state index contributed by atoms with van der Waals surface area (Å²) in [5.74, 6) is -0.197. The fourth-order valence-corrected chi connectivity index (χ4v) is 3.13. The number of benzene rings is 1. The van der Waals surface area contributed by atoms with E-state index in [2.05, 4.69) is 4.90 Å². The second kappa shape index (κ2) is 5.57. The van der Waals surface area contributed by atoms with Gasteiger partial charge in [-0.05, 0) is 25.3 Å². The van der Waals surface area contributed by atoms with Crippen LogP contribution in [0, 0.1) is 5.82 Å². The molecule has 2 bridgehead atoms. The zero-order chi connectivity index (χ0) is 13.2. The van der Waals surface area contributed by atoms with Crippen molar-refractivity contribution in [3.63, 3.8) is 0 Å². The number of hydrogen-bond donors (Lipinski definition) is 1. The Bertz CT molecular complexity index is 428.